The minimum atomic E-state index is -1.22. The molecular weight excluding hydrogens is 648 g/mol. The molecule has 0 radical (unpaired) electrons. The Labute approximate surface area is 290 Å². The van der Waals surface area contributed by atoms with Gasteiger partial charge in [0.15, 0.2) is 0 Å². The van der Waals surface area contributed by atoms with Gasteiger partial charge in [-0.3, -0.25) is 14.5 Å². The molecule has 0 fully saturated rings. The van der Waals surface area contributed by atoms with E-state index in [9.17, 15) is 28.3 Å². The molecule has 0 saturated heterocycles. The summed E-state index contributed by atoms with van der Waals surface area (Å²) in [5.41, 5.74) is 2.42. The van der Waals surface area contributed by atoms with Gasteiger partial charge in [0.25, 0.3) is 11.8 Å². The van der Waals surface area contributed by atoms with Gasteiger partial charge >= 0.3 is 6.09 Å². The van der Waals surface area contributed by atoms with E-state index in [1.165, 1.54) is 36.6 Å². The number of aliphatic hydroxyl groups excluding tert-OH is 1. The van der Waals surface area contributed by atoms with Crippen molar-refractivity contribution in [3.8, 4) is 11.5 Å². The second-order valence-electron chi connectivity index (χ2n) is 11.9. The van der Waals surface area contributed by atoms with Crippen molar-refractivity contribution in [1.29, 1.82) is 0 Å². The maximum absolute atomic E-state index is 14.1. The topological polar surface area (TPSA) is 137 Å². The van der Waals surface area contributed by atoms with Crippen LogP contribution < -0.4 is 15.5 Å². The SMILES string of the molecule is CCCN(CCC)C(=O)c1cc(C(=O)N[C@@H](Cc2cc(F)cc(F)c2)[C@H](O)CNCc2cccc(N(C)C(=O)OC)c2)cc(-c2ncco2)c1. The number of rotatable bonds is 16. The van der Waals surface area contributed by atoms with Crippen molar-refractivity contribution in [2.45, 2.75) is 51.8 Å². The highest BCUT2D eigenvalue weighted by molar-refractivity contribution is 6.01. The highest BCUT2D eigenvalue weighted by atomic mass is 19.1. The first-order chi connectivity index (χ1) is 24.0. The third-order valence-electron chi connectivity index (χ3n) is 7.98. The molecule has 0 aliphatic carbocycles. The van der Waals surface area contributed by atoms with Crippen LogP contribution in [0.2, 0.25) is 0 Å². The molecule has 0 unspecified atom stereocenters. The van der Waals surface area contributed by atoms with E-state index in [1.54, 1.807) is 36.2 Å². The second-order valence-corrected chi connectivity index (χ2v) is 11.9. The number of carbonyl (C=O) groups excluding carboxylic acids is 3. The summed E-state index contributed by atoms with van der Waals surface area (Å²) >= 11 is 0. The fourth-order valence-electron chi connectivity index (χ4n) is 5.55. The maximum atomic E-state index is 14.1. The lowest BCUT2D eigenvalue weighted by Gasteiger charge is -2.26. The van der Waals surface area contributed by atoms with E-state index in [1.807, 2.05) is 19.9 Å². The first-order valence-electron chi connectivity index (χ1n) is 16.4. The van der Waals surface area contributed by atoms with Crippen LogP contribution in [-0.4, -0.2) is 78.8 Å². The van der Waals surface area contributed by atoms with E-state index in [0.29, 0.717) is 30.9 Å². The number of nitrogens with zero attached hydrogens (tertiary/aromatic N) is 3. The molecule has 0 aliphatic rings. The fourth-order valence-corrected chi connectivity index (χ4v) is 5.55. The Bertz CT molecular complexity index is 1730. The summed E-state index contributed by atoms with van der Waals surface area (Å²) < 4.78 is 38.5. The first-order valence-corrected chi connectivity index (χ1v) is 16.4. The standard InChI is InChI=1S/C37H43F2N5O6/c1-5-11-44(12-6-2)36(47)28-19-26(18-27(20-28)35-41-10-13-50-35)34(46)42-32(17-25-14-29(38)21-30(39)15-25)33(45)23-40-22-24-8-7-9-31(16-24)43(3)37(48)49-4/h7-10,13-16,18-21,32-33,40,45H,5-6,11-12,17,22-23H2,1-4H3,(H,42,46)/t32-,33+/m0/s1. The van der Waals surface area contributed by atoms with Crippen LogP contribution in [0.15, 0.2) is 77.5 Å². The number of carbonyl (C=O) groups is 3. The highest BCUT2D eigenvalue weighted by Crippen LogP contribution is 2.23. The lowest BCUT2D eigenvalue weighted by molar-refractivity contribution is 0.0755. The van der Waals surface area contributed by atoms with Crippen LogP contribution in [0.4, 0.5) is 19.3 Å². The van der Waals surface area contributed by atoms with Crippen LogP contribution in [-0.2, 0) is 17.7 Å². The van der Waals surface area contributed by atoms with Gasteiger partial charge in [0.2, 0.25) is 5.89 Å². The van der Waals surface area contributed by atoms with E-state index in [0.717, 1.165) is 36.6 Å². The fraction of sp³-hybridized carbons (Fsp3) is 0.351. The molecule has 13 heteroatoms. The molecule has 3 amide bonds. The predicted octanol–water partition coefficient (Wildman–Crippen LogP) is 5.58. The van der Waals surface area contributed by atoms with Gasteiger partial charge < -0.3 is 29.8 Å². The summed E-state index contributed by atoms with van der Waals surface area (Å²) in [7, 11) is 2.87. The van der Waals surface area contributed by atoms with E-state index in [2.05, 4.69) is 15.6 Å². The van der Waals surface area contributed by atoms with Crippen LogP contribution in [0.5, 0.6) is 0 Å². The smallest absolute Gasteiger partial charge is 0.413 e. The number of oxazole rings is 1. The average molecular weight is 692 g/mol. The van der Waals surface area contributed by atoms with E-state index in [-0.39, 0.29) is 41.5 Å². The monoisotopic (exact) mass is 691 g/mol. The predicted molar refractivity (Wildman–Crippen MR) is 185 cm³/mol. The van der Waals surface area contributed by atoms with Crippen LogP contribution in [0, 0.1) is 11.6 Å². The Morgan fingerprint density at radius 1 is 0.960 bits per heavy atom. The van der Waals surface area contributed by atoms with Crippen LogP contribution in [0.3, 0.4) is 0 Å². The molecule has 0 aliphatic heterocycles. The lowest BCUT2D eigenvalue weighted by atomic mass is 9.99. The molecule has 0 spiro atoms. The summed E-state index contributed by atoms with van der Waals surface area (Å²) in [5.74, 6) is -2.25. The maximum Gasteiger partial charge on any atom is 0.413 e. The number of halogens is 2. The van der Waals surface area contributed by atoms with Crippen molar-refractivity contribution in [3.05, 3.63) is 107 Å². The Hall–Kier alpha value is -5.14. The summed E-state index contributed by atoms with van der Waals surface area (Å²) in [6.07, 6.45) is 2.50. The molecule has 50 heavy (non-hydrogen) atoms. The number of anilines is 1. The van der Waals surface area contributed by atoms with Gasteiger partial charge in [-0.15, -0.1) is 0 Å². The van der Waals surface area contributed by atoms with Gasteiger partial charge in [0.05, 0.1) is 25.5 Å². The minimum absolute atomic E-state index is 0.0110. The number of hydrogen-bond acceptors (Lipinski definition) is 8. The molecule has 0 saturated carbocycles. The molecule has 1 aromatic heterocycles. The van der Waals surface area contributed by atoms with Crippen LogP contribution in [0.1, 0.15) is 58.5 Å². The van der Waals surface area contributed by atoms with Gasteiger partial charge in [-0.05, 0) is 72.9 Å². The van der Waals surface area contributed by atoms with Crippen molar-refractivity contribution in [1.82, 2.24) is 20.5 Å². The van der Waals surface area contributed by atoms with Gasteiger partial charge in [-0.25, -0.2) is 18.6 Å². The Morgan fingerprint density at radius 3 is 2.30 bits per heavy atom. The quantitative estimate of drug-likeness (QED) is 0.139. The normalized spacial score (nSPS) is 12.2. The molecular formula is C37H43F2N5O6. The zero-order valence-corrected chi connectivity index (χ0v) is 28.6. The van der Waals surface area contributed by atoms with Gasteiger partial charge in [-0.2, -0.15) is 0 Å². The molecule has 4 aromatic rings. The van der Waals surface area contributed by atoms with Gasteiger partial charge in [0, 0.05) is 61.7 Å². The Morgan fingerprint density at radius 2 is 1.66 bits per heavy atom. The molecule has 3 N–H and O–H groups in total. The summed E-state index contributed by atoms with van der Waals surface area (Å²) in [6.45, 7) is 5.31. The summed E-state index contributed by atoms with van der Waals surface area (Å²) in [5, 5.41) is 17.3. The number of aliphatic hydroxyl groups is 1. The zero-order valence-electron chi connectivity index (χ0n) is 28.6. The number of nitrogens with one attached hydrogen (secondary N) is 2. The van der Waals surface area contributed by atoms with Crippen molar-refractivity contribution < 1.29 is 37.4 Å². The van der Waals surface area contributed by atoms with Gasteiger partial charge in [-0.1, -0.05) is 26.0 Å². The van der Waals surface area contributed by atoms with E-state index < -0.39 is 35.8 Å². The molecule has 3 aromatic carbocycles. The Balaban J connectivity index is 1.59. The van der Waals surface area contributed by atoms with Crippen LogP contribution in [0.25, 0.3) is 11.5 Å². The van der Waals surface area contributed by atoms with E-state index >= 15 is 0 Å². The molecule has 2 atom stereocenters. The largest absolute Gasteiger partial charge is 0.452 e. The minimum Gasteiger partial charge on any atom is -0.452 e. The van der Waals surface area contributed by atoms with E-state index in [4.69, 9.17) is 9.15 Å². The summed E-state index contributed by atoms with van der Waals surface area (Å²) in [6, 6.07) is 13.8. The van der Waals surface area contributed by atoms with Crippen molar-refractivity contribution in [3.63, 3.8) is 0 Å². The zero-order chi connectivity index (χ0) is 36.2. The van der Waals surface area contributed by atoms with Crippen molar-refractivity contribution in [2.75, 3.05) is 38.7 Å². The number of hydrogen-bond donors (Lipinski definition) is 3. The highest BCUT2D eigenvalue weighted by Gasteiger charge is 2.25. The first kappa shape index (κ1) is 37.7. The number of benzene rings is 3. The number of aromatic nitrogens is 1. The average Bonchev–Trinajstić information content (AvgIpc) is 3.65. The number of ether oxygens (including phenoxy) is 1. The van der Waals surface area contributed by atoms with Crippen molar-refractivity contribution in [2.24, 2.45) is 0 Å². The summed E-state index contributed by atoms with van der Waals surface area (Å²) in [4.78, 5) is 46.7. The third kappa shape index (κ3) is 10.2. The molecule has 11 nitrogen and oxygen atoms in total. The molecule has 266 valence electrons. The Kier molecular flexibility index (Phi) is 13.6. The lowest BCUT2D eigenvalue weighted by Crippen LogP contribution is -2.48. The molecule has 0 bridgehead atoms. The second kappa shape index (κ2) is 18.0. The molecule has 4 rings (SSSR count). The van der Waals surface area contributed by atoms with Crippen LogP contribution >= 0.6 is 0 Å². The third-order valence-corrected chi connectivity index (χ3v) is 7.98. The number of methoxy groups -OCH3 is 1. The number of amides is 3. The molecule has 1 heterocycles. The van der Waals surface area contributed by atoms with Gasteiger partial charge in [0.1, 0.15) is 17.9 Å². The van der Waals surface area contributed by atoms with Crippen molar-refractivity contribution >= 4 is 23.6 Å².